The third-order valence-corrected chi connectivity index (χ3v) is 1.09. The van der Waals surface area contributed by atoms with Crippen LogP contribution in [-0.2, 0) is 9.78 Å². The van der Waals surface area contributed by atoms with Crippen LogP contribution in [0.1, 0.15) is 0 Å². The summed E-state index contributed by atoms with van der Waals surface area (Å²) >= 11 is 0. The average Bonchev–Trinajstić information content (AvgIpc) is 2.16. The third kappa shape index (κ3) is 3.76. The van der Waals surface area contributed by atoms with E-state index >= 15 is 0 Å². The molecule has 0 unspecified atom stereocenters. The van der Waals surface area contributed by atoms with E-state index in [0.29, 0.717) is 0 Å². The average molecular weight is 204 g/mol. The van der Waals surface area contributed by atoms with Crippen molar-refractivity contribution >= 4 is 11.9 Å². The van der Waals surface area contributed by atoms with E-state index < -0.39 is 12.7 Å². The van der Waals surface area contributed by atoms with E-state index in [4.69, 9.17) is 0 Å². The summed E-state index contributed by atoms with van der Waals surface area (Å²) in [5, 5.41) is 2.07. The SMILES string of the molecule is O=C(Nc1ccccn1)OOC(F)F. The lowest BCUT2D eigenvalue weighted by Crippen LogP contribution is -2.16. The van der Waals surface area contributed by atoms with E-state index in [9.17, 15) is 13.6 Å². The number of anilines is 1. The van der Waals surface area contributed by atoms with Gasteiger partial charge >= 0.3 is 12.7 Å². The zero-order valence-electron chi connectivity index (χ0n) is 6.81. The number of halogens is 2. The van der Waals surface area contributed by atoms with Crippen LogP contribution >= 0.6 is 0 Å². The normalized spacial score (nSPS) is 9.93. The summed E-state index contributed by atoms with van der Waals surface area (Å²) in [7, 11) is 0. The lowest BCUT2D eigenvalue weighted by atomic mass is 10.5. The second-order valence-electron chi connectivity index (χ2n) is 2.07. The number of alkyl halides is 2. The van der Waals surface area contributed by atoms with Crippen LogP contribution in [-0.4, -0.2) is 17.7 Å². The summed E-state index contributed by atoms with van der Waals surface area (Å²) in [6.07, 6.45) is 0.257. The van der Waals surface area contributed by atoms with Crippen LogP contribution in [0.15, 0.2) is 24.4 Å². The number of amides is 1. The highest BCUT2D eigenvalue weighted by Crippen LogP contribution is 2.02. The molecule has 0 spiro atoms. The number of carbonyl (C=O) groups is 1. The van der Waals surface area contributed by atoms with Crippen molar-refractivity contribution in [2.24, 2.45) is 0 Å². The molecule has 0 fully saturated rings. The Morgan fingerprint density at radius 2 is 2.29 bits per heavy atom. The summed E-state index contributed by atoms with van der Waals surface area (Å²) in [4.78, 5) is 21.3. The van der Waals surface area contributed by atoms with Gasteiger partial charge < -0.3 is 0 Å². The summed E-state index contributed by atoms with van der Waals surface area (Å²) in [5.41, 5.74) is 0. The fourth-order valence-electron chi connectivity index (χ4n) is 0.642. The number of hydrogen-bond acceptors (Lipinski definition) is 4. The van der Waals surface area contributed by atoms with Gasteiger partial charge in [-0.25, -0.2) is 9.78 Å². The van der Waals surface area contributed by atoms with Crippen molar-refractivity contribution in [1.82, 2.24) is 4.98 Å². The summed E-state index contributed by atoms with van der Waals surface area (Å²) in [6, 6.07) is 4.70. The Morgan fingerprint density at radius 3 is 2.86 bits per heavy atom. The lowest BCUT2D eigenvalue weighted by molar-refractivity contribution is -0.341. The van der Waals surface area contributed by atoms with Gasteiger partial charge in [0.2, 0.25) is 0 Å². The molecule has 0 bridgehead atoms. The lowest BCUT2D eigenvalue weighted by Gasteiger charge is -2.03. The molecule has 0 aliphatic rings. The van der Waals surface area contributed by atoms with E-state index in [-0.39, 0.29) is 5.82 Å². The van der Waals surface area contributed by atoms with Crippen LogP contribution in [0.4, 0.5) is 19.4 Å². The van der Waals surface area contributed by atoms with Crippen molar-refractivity contribution in [3.63, 3.8) is 0 Å². The molecule has 0 aromatic carbocycles. The molecule has 1 aromatic heterocycles. The van der Waals surface area contributed by atoms with Gasteiger partial charge in [-0.05, 0) is 12.1 Å². The number of pyridine rings is 1. The molecule has 1 rings (SSSR count). The van der Waals surface area contributed by atoms with Crippen LogP contribution in [0.5, 0.6) is 0 Å². The van der Waals surface area contributed by atoms with E-state index in [1.165, 1.54) is 12.3 Å². The molecule has 14 heavy (non-hydrogen) atoms. The highest BCUT2D eigenvalue weighted by atomic mass is 19.3. The van der Waals surface area contributed by atoms with Gasteiger partial charge in [0.05, 0.1) is 0 Å². The molecule has 1 amide bonds. The largest absolute Gasteiger partial charge is 0.444 e. The van der Waals surface area contributed by atoms with E-state index in [1.807, 2.05) is 0 Å². The Labute approximate surface area is 77.6 Å². The number of hydrogen-bond donors (Lipinski definition) is 1. The topological polar surface area (TPSA) is 60.5 Å². The van der Waals surface area contributed by atoms with Gasteiger partial charge in [-0.15, -0.1) is 4.89 Å². The highest BCUT2D eigenvalue weighted by Gasteiger charge is 2.09. The Kier molecular flexibility index (Phi) is 3.74. The van der Waals surface area contributed by atoms with Crippen molar-refractivity contribution < 1.29 is 23.4 Å². The number of carbonyl (C=O) groups excluding carboxylic acids is 1. The van der Waals surface area contributed by atoms with E-state index in [1.54, 1.807) is 12.1 Å². The van der Waals surface area contributed by atoms with Crippen LogP contribution in [0.2, 0.25) is 0 Å². The second kappa shape index (κ2) is 5.07. The molecule has 0 atom stereocenters. The number of nitrogens with one attached hydrogen (secondary N) is 1. The molecule has 0 radical (unpaired) electrons. The zero-order valence-corrected chi connectivity index (χ0v) is 6.81. The molecule has 7 heteroatoms. The molecule has 1 N–H and O–H groups in total. The maximum Gasteiger partial charge on any atom is 0.444 e. The maximum absolute atomic E-state index is 11.4. The Bertz CT molecular complexity index is 294. The highest BCUT2D eigenvalue weighted by molar-refractivity contribution is 5.82. The summed E-state index contributed by atoms with van der Waals surface area (Å²) in [5.74, 6) is 0.176. The summed E-state index contributed by atoms with van der Waals surface area (Å²) < 4.78 is 22.8. The molecule has 0 aliphatic carbocycles. The first-order chi connectivity index (χ1) is 6.68. The van der Waals surface area contributed by atoms with Crippen molar-refractivity contribution in [1.29, 1.82) is 0 Å². The fraction of sp³-hybridized carbons (Fsp3) is 0.143. The predicted octanol–water partition coefficient (Wildman–Crippen LogP) is 1.78. The molecule has 0 saturated carbocycles. The standard InChI is InChI=1S/C7H6F2N2O3/c8-6(9)13-14-7(12)11-5-3-1-2-4-10-5/h1-4,6H,(H,10,11,12). The number of nitrogens with zero attached hydrogens (tertiary/aromatic N) is 1. The Hall–Kier alpha value is -1.76. The van der Waals surface area contributed by atoms with Gasteiger partial charge in [-0.2, -0.15) is 8.78 Å². The van der Waals surface area contributed by atoms with Crippen LogP contribution in [0.3, 0.4) is 0 Å². The molecular formula is C7H6F2N2O3. The van der Waals surface area contributed by atoms with E-state index in [0.717, 1.165) is 0 Å². The van der Waals surface area contributed by atoms with Gasteiger partial charge in [0, 0.05) is 6.20 Å². The Morgan fingerprint density at radius 1 is 1.50 bits per heavy atom. The number of rotatable bonds is 3. The zero-order chi connectivity index (χ0) is 10.4. The quantitative estimate of drug-likeness (QED) is 0.602. The minimum Gasteiger partial charge on any atom is -0.273 e. The van der Waals surface area contributed by atoms with E-state index in [2.05, 4.69) is 20.1 Å². The predicted molar refractivity (Wildman–Crippen MR) is 41.4 cm³/mol. The fourth-order valence-corrected chi connectivity index (χ4v) is 0.642. The van der Waals surface area contributed by atoms with Gasteiger partial charge in [-0.3, -0.25) is 10.2 Å². The van der Waals surface area contributed by atoms with Crippen LogP contribution in [0.25, 0.3) is 0 Å². The van der Waals surface area contributed by atoms with Gasteiger partial charge in [0.1, 0.15) is 5.82 Å². The summed E-state index contributed by atoms with van der Waals surface area (Å²) in [6.45, 7) is -3.16. The second-order valence-corrected chi connectivity index (χ2v) is 2.07. The molecule has 0 aliphatic heterocycles. The molecule has 5 nitrogen and oxygen atoms in total. The minimum atomic E-state index is -3.16. The molecule has 1 aromatic rings. The first kappa shape index (κ1) is 10.3. The van der Waals surface area contributed by atoms with Crippen LogP contribution in [0, 0.1) is 0 Å². The van der Waals surface area contributed by atoms with Crippen molar-refractivity contribution in [3.05, 3.63) is 24.4 Å². The Balaban J connectivity index is 2.35. The smallest absolute Gasteiger partial charge is 0.273 e. The third-order valence-electron chi connectivity index (χ3n) is 1.09. The van der Waals surface area contributed by atoms with Gasteiger partial charge in [-0.1, -0.05) is 6.07 Å². The first-order valence-corrected chi connectivity index (χ1v) is 3.52. The molecule has 76 valence electrons. The van der Waals surface area contributed by atoms with Crippen molar-refractivity contribution in [3.8, 4) is 0 Å². The number of aromatic nitrogens is 1. The van der Waals surface area contributed by atoms with Gasteiger partial charge in [0.25, 0.3) is 0 Å². The molecule has 0 saturated heterocycles. The molecule has 1 heterocycles. The maximum atomic E-state index is 11.4. The first-order valence-electron chi connectivity index (χ1n) is 3.52. The monoisotopic (exact) mass is 204 g/mol. The minimum absolute atomic E-state index is 0.176. The van der Waals surface area contributed by atoms with Crippen molar-refractivity contribution in [2.45, 2.75) is 6.61 Å². The van der Waals surface area contributed by atoms with Crippen LogP contribution < -0.4 is 5.32 Å². The van der Waals surface area contributed by atoms with Gasteiger partial charge in [0.15, 0.2) is 0 Å². The molecular weight excluding hydrogens is 198 g/mol. The van der Waals surface area contributed by atoms with Crippen molar-refractivity contribution in [2.75, 3.05) is 5.32 Å².